The molecule has 0 aromatic carbocycles. The van der Waals surface area contributed by atoms with E-state index in [9.17, 15) is 9.90 Å². The van der Waals surface area contributed by atoms with Crippen LogP contribution in [0.15, 0.2) is 23.6 Å². The predicted molar refractivity (Wildman–Crippen MR) is 83.4 cm³/mol. The lowest BCUT2D eigenvalue weighted by atomic mass is 9.84. The Balaban J connectivity index is 1.95. The van der Waals surface area contributed by atoms with Crippen molar-refractivity contribution in [3.63, 3.8) is 0 Å². The Morgan fingerprint density at radius 1 is 1.52 bits per heavy atom. The van der Waals surface area contributed by atoms with Gasteiger partial charge in [-0.15, -0.1) is 0 Å². The molecule has 0 amide bonds. The van der Waals surface area contributed by atoms with Gasteiger partial charge >= 0.3 is 5.97 Å². The Bertz CT molecular complexity index is 469. The fourth-order valence-corrected chi connectivity index (χ4v) is 4.03. The third-order valence-corrected chi connectivity index (χ3v) is 4.90. The first-order valence-corrected chi connectivity index (χ1v) is 8.44. The second-order valence-corrected chi connectivity index (χ2v) is 6.90. The summed E-state index contributed by atoms with van der Waals surface area (Å²) in [7, 11) is 0. The van der Waals surface area contributed by atoms with Gasteiger partial charge in [0, 0.05) is 24.2 Å². The van der Waals surface area contributed by atoms with Gasteiger partial charge in [0.15, 0.2) is 5.16 Å². The van der Waals surface area contributed by atoms with Crippen molar-refractivity contribution in [1.82, 2.24) is 15.3 Å². The fraction of sp³-hybridized carbons (Fsp3) is 0.667. The van der Waals surface area contributed by atoms with Crippen molar-refractivity contribution in [2.75, 3.05) is 5.75 Å². The Morgan fingerprint density at radius 3 is 2.86 bits per heavy atom. The number of carboxylic acids is 1. The fourth-order valence-electron chi connectivity index (χ4n) is 3.17. The molecule has 0 aliphatic heterocycles. The minimum Gasteiger partial charge on any atom is -0.480 e. The number of rotatable bonds is 7. The van der Waals surface area contributed by atoms with Gasteiger partial charge in [-0.25, -0.2) is 9.97 Å². The van der Waals surface area contributed by atoms with Crippen LogP contribution in [-0.4, -0.2) is 38.4 Å². The molecule has 2 rings (SSSR count). The lowest BCUT2D eigenvalue weighted by Gasteiger charge is -2.34. The van der Waals surface area contributed by atoms with Crippen molar-refractivity contribution in [1.29, 1.82) is 0 Å². The van der Waals surface area contributed by atoms with Gasteiger partial charge < -0.3 is 5.11 Å². The molecule has 2 unspecified atom stereocenters. The highest BCUT2D eigenvalue weighted by Crippen LogP contribution is 2.39. The van der Waals surface area contributed by atoms with Crippen LogP contribution in [-0.2, 0) is 4.79 Å². The summed E-state index contributed by atoms with van der Waals surface area (Å²) in [5, 5.41) is 13.8. The summed E-state index contributed by atoms with van der Waals surface area (Å²) in [6, 6.07) is 1.97. The average molecular weight is 309 g/mol. The number of hydrogen-bond donors (Lipinski definition) is 2. The first-order valence-electron chi connectivity index (χ1n) is 7.45. The number of nitrogens with zero attached hydrogens (tertiary/aromatic N) is 2. The van der Waals surface area contributed by atoms with Gasteiger partial charge in [0.1, 0.15) is 5.54 Å². The standard InChI is InChI=1S/C15H23N3O2S/c1-11(2)18-15(13(19)20)7-3-5-12(15)6-10-21-14-16-8-4-9-17-14/h4,8-9,11-12,18H,3,5-7,10H2,1-2H3,(H,19,20). The number of hydrogen-bond acceptors (Lipinski definition) is 5. The van der Waals surface area contributed by atoms with E-state index in [1.54, 1.807) is 30.2 Å². The maximum atomic E-state index is 11.8. The maximum Gasteiger partial charge on any atom is 0.324 e. The Kier molecular flexibility index (Phi) is 5.58. The molecule has 116 valence electrons. The quantitative estimate of drug-likeness (QED) is 0.595. The molecule has 1 fully saturated rings. The predicted octanol–water partition coefficient (Wildman–Crippen LogP) is 2.58. The summed E-state index contributed by atoms with van der Waals surface area (Å²) < 4.78 is 0. The van der Waals surface area contributed by atoms with Crippen molar-refractivity contribution >= 4 is 17.7 Å². The van der Waals surface area contributed by atoms with E-state index < -0.39 is 11.5 Å². The van der Waals surface area contributed by atoms with Gasteiger partial charge in [0.25, 0.3) is 0 Å². The van der Waals surface area contributed by atoms with E-state index in [4.69, 9.17) is 0 Å². The molecule has 0 bridgehead atoms. The topological polar surface area (TPSA) is 75.1 Å². The highest BCUT2D eigenvalue weighted by atomic mass is 32.2. The highest BCUT2D eigenvalue weighted by molar-refractivity contribution is 7.99. The monoisotopic (exact) mass is 309 g/mol. The van der Waals surface area contributed by atoms with Crippen LogP contribution in [0.5, 0.6) is 0 Å². The molecule has 1 aliphatic carbocycles. The van der Waals surface area contributed by atoms with E-state index in [2.05, 4.69) is 15.3 Å². The normalized spacial score (nSPS) is 25.4. The summed E-state index contributed by atoms with van der Waals surface area (Å²) in [6.45, 7) is 4.01. The van der Waals surface area contributed by atoms with Crippen LogP contribution in [0.2, 0.25) is 0 Å². The zero-order valence-corrected chi connectivity index (χ0v) is 13.4. The van der Waals surface area contributed by atoms with Crippen molar-refractivity contribution in [2.45, 2.75) is 56.3 Å². The number of aliphatic carboxylic acids is 1. The number of carbonyl (C=O) groups is 1. The number of thioether (sulfide) groups is 1. The first-order chi connectivity index (χ1) is 10.0. The molecular formula is C15H23N3O2S. The number of nitrogens with one attached hydrogen (secondary N) is 1. The van der Waals surface area contributed by atoms with Crippen molar-refractivity contribution < 1.29 is 9.90 Å². The summed E-state index contributed by atoms with van der Waals surface area (Å²) in [5.74, 6) is 0.317. The average Bonchev–Trinajstić information content (AvgIpc) is 2.83. The third kappa shape index (κ3) is 3.95. The molecule has 21 heavy (non-hydrogen) atoms. The molecular weight excluding hydrogens is 286 g/mol. The van der Waals surface area contributed by atoms with E-state index in [1.807, 2.05) is 13.8 Å². The first kappa shape index (κ1) is 16.2. The van der Waals surface area contributed by atoms with Gasteiger partial charge in [0.05, 0.1) is 0 Å². The van der Waals surface area contributed by atoms with Crippen LogP contribution in [0.4, 0.5) is 0 Å². The van der Waals surface area contributed by atoms with E-state index >= 15 is 0 Å². The molecule has 2 N–H and O–H groups in total. The van der Waals surface area contributed by atoms with Crippen molar-refractivity contribution in [3.05, 3.63) is 18.5 Å². The Hall–Kier alpha value is -1.14. The zero-order valence-electron chi connectivity index (χ0n) is 12.6. The van der Waals surface area contributed by atoms with Gasteiger partial charge in [-0.2, -0.15) is 0 Å². The van der Waals surface area contributed by atoms with Crippen molar-refractivity contribution in [2.24, 2.45) is 5.92 Å². The molecule has 1 aromatic heterocycles. The Labute approximate surface area is 130 Å². The van der Waals surface area contributed by atoms with E-state index in [0.29, 0.717) is 0 Å². The van der Waals surface area contributed by atoms with Crippen LogP contribution in [0, 0.1) is 5.92 Å². The van der Waals surface area contributed by atoms with Crippen molar-refractivity contribution in [3.8, 4) is 0 Å². The van der Waals surface area contributed by atoms with Crippen LogP contribution in [0.3, 0.4) is 0 Å². The second kappa shape index (κ2) is 7.22. The Morgan fingerprint density at radius 2 is 2.24 bits per heavy atom. The summed E-state index contributed by atoms with van der Waals surface area (Å²) in [6.07, 6.45) is 7.00. The van der Waals surface area contributed by atoms with Gasteiger partial charge in [-0.05, 0) is 45.1 Å². The van der Waals surface area contributed by atoms with Crippen LogP contribution in [0.25, 0.3) is 0 Å². The minimum atomic E-state index is -0.758. The highest BCUT2D eigenvalue weighted by Gasteiger charge is 2.48. The smallest absolute Gasteiger partial charge is 0.324 e. The second-order valence-electron chi connectivity index (χ2n) is 5.83. The molecule has 5 nitrogen and oxygen atoms in total. The van der Waals surface area contributed by atoms with Crippen LogP contribution >= 0.6 is 11.8 Å². The molecule has 0 saturated heterocycles. The molecule has 1 aromatic rings. The summed E-state index contributed by atoms with van der Waals surface area (Å²) in [5.41, 5.74) is -0.758. The summed E-state index contributed by atoms with van der Waals surface area (Å²) in [4.78, 5) is 20.2. The molecule has 6 heteroatoms. The van der Waals surface area contributed by atoms with Gasteiger partial charge in [0.2, 0.25) is 0 Å². The molecule has 2 atom stereocenters. The molecule has 0 spiro atoms. The third-order valence-electron chi connectivity index (χ3n) is 3.99. The van der Waals surface area contributed by atoms with Gasteiger partial charge in [-0.3, -0.25) is 10.1 Å². The largest absolute Gasteiger partial charge is 0.480 e. The van der Waals surface area contributed by atoms with Crippen LogP contribution in [0.1, 0.15) is 39.5 Å². The summed E-state index contributed by atoms with van der Waals surface area (Å²) >= 11 is 1.60. The molecule has 1 aliphatic rings. The lowest BCUT2D eigenvalue weighted by molar-refractivity contribution is -0.147. The SMILES string of the molecule is CC(C)NC1(C(=O)O)CCCC1CCSc1ncccn1. The zero-order chi connectivity index (χ0) is 15.3. The molecule has 0 radical (unpaired) electrons. The minimum absolute atomic E-state index is 0.173. The number of aromatic nitrogens is 2. The van der Waals surface area contributed by atoms with Crippen LogP contribution < -0.4 is 5.32 Å². The maximum absolute atomic E-state index is 11.8. The molecule has 1 saturated carbocycles. The van der Waals surface area contributed by atoms with E-state index in [1.165, 1.54) is 0 Å². The number of carboxylic acid groups (broad SMARTS) is 1. The molecule has 1 heterocycles. The van der Waals surface area contributed by atoms with E-state index in [0.717, 1.165) is 36.6 Å². The van der Waals surface area contributed by atoms with E-state index in [-0.39, 0.29) is 12.0 Å². The van der Waals surface area contributed by atoms with Gasteiger partial charge in [-0.1, -0.05) is 18.2 Å². The lowest BCUT2D eigenvalue weighted by Crippen LogP contribution is -2.57.